The molecule has 1 aliphatic heterocycles. The normalized spacial score (nSPS) is 18.8. The fourth-order valence-electron chi connectivity index (χ4n) is 2.30. The molecule has 0 aromatic heterocycles. The second kappa shape index (κ2) is 5.65. The van der Waals surface area contributed by atoms with E-state index in [4.69, 9.17) is 0 Å². The van der Waals surface area contributed by atoms with Crippen LogP contribution in [0.5, 0.6) is 0 Å². The van der Waals surface area contributed by atoms with Crippen molar-refractivity contribution in [3.05, 3.63) is 23.8 Å². The number of rotatable bonds is 3. The van der Waals surface area contributed by atoms with Crippen LogP contribution < -0.4 is 10.2 Å². The van der Waals surface area contributed by atoms with Crippen molar-refractivity contribution in [1.29, 1.82) is 0 Å². The Labute approximate surface area is 118 Å². The van der Waals surface area contributed by atoms with Gasteiger partial charge in [-0.15, -0.1) is 0 Å². The van der Waals surface area contributed by atoms with E-state index in [0.717, 1.165) is 29.2 Å². The number of carbonyl (C=O) groups excluding carboxylic acids is 2. The van der Waals surface area contributed by atoms with Crippen LogP contribution >= 0.6 is 12.6 Å². The summed E-state index contributed by atoms with van der Waals surface area (Å²) in [6.45, 7) is 4.13. The summed E-state index contributed by atoms with van der Waals surface area (Å²) in [6, 6.07) is 5.65. The Bertz CT molecular complexity index is 516. The summed E-state index contributed by atoms with van der Waals surface area (Å²) >= 11 is 4.26. The molecule has 1 aromatic carbocycles. The van der Waals surface area contributed by atoms with Gasteiger partial charge in [-0.2, -0.15) is 12.6 Å². The smallest absolute Gasteiger partial charge is 0.227 e. The molecule has 0 aliphatic carbocycles. The third kappa shape index (κ3) is 3.10. The molecule has 0 spiro atoms. The van der Waals surface area contributed by atoms with Gasteiger partial charge in [-0.05, 0) is 42.4 Å². The average Bonchev–Trinajstić information content (AvgIpc) is 2.73. The van der Waals surface area contributed by atoms with Crippen molar-refractivity contribution >= 4 is 35.8 Å². The van der Waals surface area contributed by atoms with Crippen LogP contribution in [0.2, 0.25) is 0 Å². The average molecular weight is 278 g/mol. The number of benzene rings is 1. The molecule has 1 saturated heterocycles. The molecule has 1 aliphatic rings. The number of carbonyl (C=O) groups is 2. The third-order valence-electron chi connectivity index (χ3n) is 3.30. The molecule has 102 valence electrons. The van der Waals surface area contributed by atoms with Crippen LogP contribution in [0, 0.1) is 12.8 Å². The Morgan fingerprint density at radius 2 is 2.26 bits per heavy atom. The van der Waals surface area contributed by atoms with Gasteiger partial charge in [0.15, 0.2) is 0 Å². The van der Waals surface area contributed by atoms with E-state index >= 15 is 0 Å². The summed E-state index contributed by atoms with van der Waals surface area (Å²) in [7, 11) is 0. The summed E-state index contributed by atoms with van der Waals surface area (Å²) in [5, 5.41) is 2.77. The second-order valence-corrected chi connectivity index (χ2v) is 5.30. The molecule has 1 fully saturated rings. The van der Waals surface area contributed by atoms with Gasteiger partial charge in [0.25, 0.3) is 0 Å². The monoisotopic (exact) mass is 278 g/mol. The Balaban J connectivity index is 2.20. The fourth-order valence-corrected chi connectivity index (χ4v) is 2.54. The number of nitrogens with one attached hydrogen (secondary N) is 1. The van der Waals surface area contributed by atoms with Gasteiger partial charge < -0.3 is 10.2 Å². The van der Waals surface area contributed by atoms with Gasteiger partial charge in [0.05, 0.1) is 0 Å². The lowest BCUT2D eigenvalue weighted by Crippen LogP contribution is -2.24. The van der Waals surface area contributed by atoms with Crippen molar-refractivity contribution in [1.82, 2.24) is 0 Å². The van der Waals surface area contributed by atoms with Crippen molar-refractivity contribution in [2.24, 2.45) is 5.92 Å². The van der Waals surface area contributed by atoms with Gasteiger partial charge in [-0.1, -0.05) is 0 Å². The van der Waals surface area contributed by atoms with Crippen LogP contribution in [0.25, 0.3) is 0 Å². The van der Waals surface area contributed by atoms with Crippen molar-refractivity contribution in [3.63, 3.8) is 0 Å². The number of aryl methyl sites for hydroxylation is 1. The molecule has 4 nitrogen and oxygen atoms in total. The van der Waals surface area contributed by atoms with Crippen LogP contribution in [0.4, 0.5) is 11.4 Å². The largest absolute Gasteiger partial charge is 0.326 e. The predicted octanol–water partition coefficient (Wildman–Crippen LogP) is 2.24. The van der Waals surface area contributed by atoms with E-state index in [1.807, 2.05) is 25.1 Å². The van der Waals surface area contributed by atoms with Crippen LogP contribution in [0.3, 0.4) is 0 Å². The maximum Gasteiger partial charge on any atom is 0.227 e. The minimum Gasteiger partial charge on any atom is -0.326 e. The lowest BCUT2D eigenvalue weighted by Gasteiger charge is -2.18. The van der Waals surface area contributed by atoms with E-state index in [1.165, 1.54) is 6.92 Å². The topological polar surface area (TPSA) is 49.4 Å². The quantitative estimate of drug-likeness (QED) is 0.833. The van der Waals surface area contributed by atoms with Crippen molar-refractivity contribution in [2.75, 3.05) is 22.5 Å². The minimum atomic E-state index is -0.0942. The molecule has 0 bridgehead atoms. The summed E-state index contributed by atoms with van der Waals surface area (Å²) < 4.78 is 0. The molecular weight excluding hydrogens is 260 g/mol. The molecule has 5 heteroatoms. The van der Waals surface area contributed by atoms with Gasteiger partial charge in [0, 0.05) is 31.3 Å². The molecule has 1 heterocycles. The maximum absolute atomic E-state index is 11.9. The molecule has 2 amide bonds. The Morgan fingerprint density at radius 3 is 2.79 bits per heavy atom. The minimum absolute atomic E-state index is 0.0942. The molecule has 1 N–H and O–H groups in total. The Hall–Kier alpha value is -1.49. The predicted molar refractivity (Wildman–Crippen MR) is 79.8 cm³/mol. The van der Waals surface area contributed by atoms with E-state index in [2.05, 4.69) is 17.9 Å². The van der Waals surface area contributed by atoms with Crippen molar-refractivity contribution in [3.8, 4) is 0 Å². The van der Waals surface area contributed by atoms with Crippen LogP contribution in [-0.2, 0) is 9.59 Å². The van der Waals surface area contributed by atoms with Crippen molar-refractivity contribution < 1.29 is 9.59 Å². The Morgan fingerprint density at radius 1 is 1.53 bits per heavy atom. The van der Waals surface area contributed by atoms with Gasteiger partial charge in [-0.25, -0.2) is 0 Å². The second-order valence-electron chi connectivity index (χ2n) is 4.94. The zero-order valence-electron chi connectivity index (χ0n) is 11.1. The summed E-state index contributed by atoms with van der Waals surface area (Å²) in [4.78, 5) is 24.8. The van der Waals surface area contributed by atoms with E-state index in [1.54, 1.807) is 4.90 Å². The van der Waals surface area contributed by atoms with E-state index in [9.17, 15) is 9.59 Å². The number of amides is 2. The number of nitrogens with zero attached hydrogens (tertiary/aromatic N) is 1. The van der Waals surface area contributed by atoms with Gasteiger partial charge >= 0.3 is 0 Å². The van der Waals surface area contributed by atoms with E-state index < -0.39 is 0 Å². The Kier molecular flexibility index (Phi) is 4.14. The highest BCUT2D eigenvalue weighted by Gasteiger charge is 2.29. The third-order valence-corrected chi connectivity index (χ3v) is 3.81. The zero-order valence-corrected chi connectivity index (χ0v) is 12.0. The van der Waals surface area contributed by atoms with E-state index in [0.29, 0.717) is 12.3 Å². The summed E-state index contributed by atoms with van der Waals surface area (Å²) in [5.41, 5.74) is 2.63. The molecule has 0 saturated carbocycles. The lowest BCUT2D eigenvalue weighted by molar-refractivity contribution is -0.117. The number of hydrogen-bond acceptors (Lipinski definition) is 3. The number of thiol groups is 1. The maximum atomic E-state index is 11.9. The van der Waals surface area contributed by atoms with E-state index in [-0.39, 0.29) is 11.8 Å². The highest BCUT2D eigenvalue weighted by molar-refractivity contribution is 7.80. The summed E-state index contributed by atoms with van der Waals surface area (Å²) in [5.74, 6) is 1.10. The van der Waals surface area contributed by atoms with Crippen molar-refractivity contribution in [2.45, 2.75) is 20.3 Å². The zero-order chi connectivity index (χ0) is 14.0. The fraction of sp³-hybridized carbons (Fsp3) is 0.429. The molecular formula is C14H18N2O2S. The van der Waals surface area contributed by atoms with Crippen LogP contribution in [-0.4, -0.2) is 24.1 Å². The molecule has 2 rings (SSSR count). The standard InChI is InChI=1S/C14H18N2O2S/c1-9-5-12(3-4-13(9)15-10(2)17)16-7-11(8-19)6-14(16)18/h3-5,11,19H,6-8H2,1-2H3,(H,15,17). The molecule has 1 atom stereocenters. The number of anilines is 2. The van der Waals surface area contributed by atoms with Gasteiger partial charge in [-0.3, -0.25) is 9.59 Å². The van der Waals surface area contributed by atoms with Crippen LogP contribution in [0.15, 0.2) is 18.2 Å². The summed E-state index contributed by atoms with van der Waals surface area (Å²) in [6.07, 6.45) is 0.565. The molecule has 1 aromatic rings. The van der Waals surface area contributed by atoms with Crippen LogP contribution in [0.1, 0.15) is 18.9 Å². The first-order chi connectivity index (χ1) is 9.01. The first-order valence-corrected chi connectivity index (χ1v) is 6.94. The molecule has 0 radical (unpaired) electrons. The molecule has 19 heavy (non-hydrogen) atoms. The van der Waals surface area contributed by atoms with Gasteiger partial charge in [0.2, 0.25) is 11.8 Å². The first-order valence-electron chi connectivity index (χ1n) is 6.30. The lowest BCUT2D eigenvalue weighted by atomic mass is 10.1. The SMILES string of the molecule is CC(=O)Nc1ccc(N2CC(CS)CC2=O)cc1C. The highest BCUT2D eigenvalue weighted by Crippen LogP contribution is 2.28. The highest BCUT2D eigenvalue weighted by atomic mass is 32.1. The number of hydrogen-bond donors (Lipinski definition) is 2. The first kappa shape index (κ1) is 13.9. The van der Waals surface area contributed by atoms with Gasteiger partial charge in [0.1, 0.15) is 0 Å². The molecule has 1 unspecified atom stereocenters.